The number of esters is 1. The molecule has 1 atom stereocenters. The number of carbonyl (C=O) groups excluding carboxylic acids is 2. The smallest absolute Gasteiger partial charge is 0.341 e. The zero-order chi connectivity index (χ0) is 20.7. The van der Waals surface area contributed by atoms with Crippen molar-refractivity contribution in [2.75, 3.05) is 25.6 Å². The first-order valence-corrected chi connectivity index (χ1v) is 8.73. The Morgan fingerprint density at radius 2 is 1.89 bits per heavy atom. The lowest BCUT2D eigenvalue weighted by molar-refractivity contribution is -0.384. The van der Waals surface area contributed by atoms with E-state index in [0.29, 0.717) is 29.4 Å². The van der Waals surface area contributed by atoms with Gasteiger partial charge in [-0.2, -0.15) is 0 Å². The summed E-state index contributed by atoms with van der Waals surface area (Å²) >= 11 is 5.80. The number of halogens is 1. The van der Waals surface area contributed by atoms with Gasteiger partial charge in [0, 0.05) is 42.1 Å². The summed E-state index contributed by atoms with van der Waals surface area (Å²) in [6.07, 6.45) is -1.08. The van der Waals surface area contributed by atoms with Crippen molar-refractivity contribution < 1.29 is 24.0 Å². The summed E-state index contributed by atoms with van der Waals surface area (Å²) in [6.45, 7) is 2.19. The molecule has 0 aromatic heterocycles. The van der Waals surface area contributed by atoms with Gasteiger partial charge < -0.3 is 14.8 Å². The van der Waals surface area contributed by atoms with Crippen LogP contribution in [0.4, 0.5) is 11.4 Å². The van der Waals surface area contributed by atoms with Crippen LogP contribution in [0.3, 0.4) is 0 Å². The fourth-order valence-electron chi connectivity index (χ4n) is 2.38. The van der Waals surface area contributed by atoms with Crippen molar-refractivity contribution in [1.29, 1.82) is 0 Å². The molecule has 0 aliphatic heterocycles. The molecule has 2 aromatic carbocycles. The number of non-ortho nitro benzene ring substituents is 1. The number of hydrogen-bond acceptors (Lipinski definition) is 7. The molecular weight excluding hydrogens is 388 g/mol. The van der Waals surface area contributed by atoms with E-state index in [1.807, 2.05) is 0 Å². The molecule has 0 bridgehead atoms. The summed E-state index contributed by atoms with van der Waals surface area (Å²) < 4.78 is 10.2. The molecule has 0 radical (unpaired) electrons. The first kappa shape index (κ1) is 21.3. The van der Waals surface area contributed by atoms with Crippen LogP contribution in [0.5, 0.6) is 0 Å². The molecule has 0 unspecified atom stereocenters. The predicted molar refractivity (Wildman–Crippen MR) is 104 cm³/mol. The number of ether oxygens (including phenoxy) is 2. The van der Waals surface area contributed by atoms with Crippen molar-refractivity contribution in [2.24, 2.45) is 0 Å². The fraction of sp³-hybridized carbons (Fsp3) is 0.263. The molecule has 1 N–H and O–H groups in total. The molecule has 0 heterocycles. The number of Topliss-reactive ketones (excluding diaryl/α,β-unsaturated/α-hetero) is 1. The maximum atomic E-state index is 12.6. The minimum Gasteiger partial charge on any atom is -0.451 e. The zero-order valence-corrected chi connectivity index (χ0v) is 16.1. The third-order valence-electron chi connectivity index (χ3n) is 3.84. The lowest BCUT2D eigenvalue weighted by Gasteiger charge is -2.15. The van der Waals surface area contributed by atoms with Gasteiger partial charge in [-0.25, -0.2) is 4.79 Å². The van der Waals surface area contributed by atoms with Crippen molar-refractivity contribution in [3.05, 3.63) is 68.7 Å². The number of ketones is 1. The quantitative estimate of drug-likeness (QED) is 0.222. The van der Waals surface area contributed by atoms with E-state index in [9.17, 15) is 19.7 Å². The number of nitro groups is 1. The number of nitro benzene ring substituents is 1. The Morgan fingerprint density at radius 1 is 1.21 bits per heavy atom. The van der Waals surface area contributed by atoms with Crippen molar-refractivity contribution >= 4 is 34.7 Å². The van der Waals surface area contributed by atoms with E-state index in [1.165, 1.54) is 38.3 Å². The van der Waals surface area contributed by atoms with Gasteiger partial charge in [0.25, 0.3) is 5.69 Å². The first-order valence-electron chi connectivity index (χ1n) is 8.35. The van der Waals surface area contributed by atoms with Crippen molar-refractivity contribution in [1.82, 2.24) is 0 Å². The van der Waals surface area contributed by atoms with Crippen LogP contribution in [0, 0.1) is 10.1 Å². The Balaban J connectivity index is 2.20. The van der Waals surface area contributed by atoms with Crippen molar-refractivity contribution in [3.8, 4) is 0 Å². The largest absolute Gasteiger partial charge is 0.451 e. The van der Waals surface area contributed by atoms with Crippen LogP contribution in [-0.2, 0) is 9.47 Å². The summed E-state index contributed by atoms with van der Waals surface area (Å²) in [5.41, 5.74) is 0.378. The van der Waals surface area contributed by atoms with E-state index in [2.05, 4.69) is 5.32 Å². The lowest BCUT2D eigenvalue weighted by atomic mass is 10.1. The number of anilines is 1. The molecule has 9 heteroatoms. The van der Waals surface area contributed by atoms with Gasteiger partial charge in [-0.05, 0) is 37.3 Å². The SMILES string of the molecule is COCCNc1ccc([N+](=O)[O-])cc1C(=O)O[C@@H](C)C(=O)c1ccc(Cl)cc1. The summed E-state index contributed by atoms with van der Waals surface area (Å²) in [6, 6.07) is 9.96. The average Bonchev–Trinajstić information content (AvgIpc) is 2.68. The van der Waals surface area contributed by atoms with Crippen LogP contribution in [0.2, 0.25) is 5.02 Å². The van der Waals surface area contributed by atoms with Gasteiger partial charge in [0.2, 0.25) is 5.78 Å². The molecule has 0 saturated carbocycles. The number of rotatable bonds is 9. The molecule has 2 aromatic rings. The maximum absolute atomic E-state index is 12.6. The highest BCUT2D eigenvalue weighted by Gasteiger charge is 2.24. The van der Waals surface area contributed by atoms with E-state index < -0.39 is 22.8 Å². The van der Waals surface area contributed by atoms with Crippen LogP contribution < -0.4 is 5.32 Å². The first-order chi connectivity index (χ1) is 13.3. The van der Waals surface area contributed by atoms with Gasteiger partial charge in [0.15, 0.2) is 6.10 Å². The maximum Gasteiger partial charge on any atom is 0.341 e. The van der Waals surface area contributed by atoms with Gasteiger partial charge in [-0.15, -0.1) is 0 Å². The highest BCUT2D eigenvalue weighted by molar-refractivity contribution is 6.30. The minimum absolute atomic E-state index is 0.0407. The standard InChI is InChI=1S/C19H19ClN2O6/c1-12(18(23)13-3-5-14(20)6-4-13)28-19(24)16-11-15(22(25)26)7-8-17(16)21-9-10-27-2/h3-8,11-12,21H,9-10H2,1-2H3/t12-/m0/s1. The molecule has 8 nitrogen and oxygen atoms in total. The monoisotopic (exact) mass is 406 g/mol. The summed E-state index contributed by atoms with van der Waals surface area (Å²) in [4.78, 5) is 35.4. The van der Waals surface area contributed by atoms with E-state index in [1.54, 1.807) is 12.1 Å². The predicted octanol–water partition coefficient (Wildman–Crippen LogP) is 3.73. The Bertz CT molecular complexity index is 869. The van der Waals surface area contributed by atoms with E-state index in [4.69, 9.17) is 21.1 Å². The van der Waals surface area contributed by atoms with Crippen LogP contribution in [-0.4, -0.2) is 43.0 Å². The number of methoxy groups -OCH3 is 1. The molecule has 0 aliphatic carbocycles. The number of carbonyl (C=O) groups is 2. The molecule has 0 saturated heterocycles. The van der Waals surface area contributed by atoms with Crippen LogP contribution in [0.15, 0.2) is 42.5 Å². The number of nitrogens with one attached hydrogen (secondary N) is 1. The van der Waals surface area contributed by atoms with Gasteiger partial charge in [-0.1, -0.05) is 11.6 Å². The van der Waals surface area contributed by atoms with Crippen LogP contribution in [0.25, 0.3) is 0 Å². The van der Waals surface area contributed by atoms with Crippen molar-refractivity contribution in [3.63, 3.8) is 0 Å². The normalized spacial score (nSPS) is 11.5. The van der Waals surface area contributed by atoms with E-state index in [-0.39, 0.29) is 11.3 Å². The molecule has 0 spiro atoms. The number of hydrogen-bond donors (Lipinski definition) is 1. The third-order valence-corrected chi connectivity index (χ3v) is 4.09. The lowest BCUT2D eigenvalue weighted by Crippen LogP contribution is -2.25. The van der Waals surface area contributed by atoms with Crippen LogP contribution in [0.1, 0.15) is 27.6 Å². The summed E-state index contributed by atoms with van der Waals surface area (Å²) in [5, 5.41) is 14.5. The second-order valence-corrected chi connectivity index (χ2v) is 6.26. The van der Waals surface area contributed by atoms with Gasteiger partial charge in [0.05, 0.1) is 17.1 Å². The Labute approximate surface area is 166 Å². The second kappa shape index (κ2) is 9.82. The fourth-order valence-corrected chi connectivity index (χ4v) is 2.51. The summed E-state index contributed by atoms with van der Waals surface area (Å²) in [7, 11) is 1.52. The van der Waals surface area contributed by atoms with E-state index >= 15 is 0 Å². The Morgan fingerprint density at radius 3 is 2.50 bits per heavy atom. The average molecular weight is 407 g/mol. The minimum atomic E-state index is -1.08. The number of benzene rings is 2. The van der Waals surface area contributed by atoms with Crippen molar-refractivity contribution in [2.45, 2.75) is 13.0 Å². The van der Waals surface area contributed by atoms with E-state index in [0.717, 1.165) is 6.07 Å². The molecule has 0 fully saturated rings. The molecule has 2 rings (SSSR count). The van der Waals surface area contributed by atoms with Gasteiger partial charge >= 0.3 is 5.97 Å². The van der Waals surface area contributed by atoms with Crippen LogP contribution >= 0.6 is 11.6 Å². The molecule has 28 heavy (non-hydrogen) atoms. The second-order valence-electron chi connectivity index (χ2n) is 5.83. The third kappa shape index (κ3) is 5.51. The number of nitrogens with zero attached hydrogens (tertiary/aromatic N) is 1. The molecular formula is C19H19ClN2O6. The highest BCUT2D eigenvalue weighted by atomic mass is 35.5. The molecule has 148 valence electrons. The Hall–Kier alpha value is -2.97. The topological polar surface area (TPSA) is 108 Å². The Kier molecular flexibility index (Phi) is 7.48. The molecule has 0 aliphatic rings. The van der Waals surface area contributed by atoms with Gasteiger partial charge in [0.1, 0.15) is 0 Å². The van der Waals surface area contributed by atoms with Gasteiger partial charge in [-0.3, -0.25) is 14.9 Å². The summed E-state index contributed by atoms with van der Waals surface area (Å²) in [5.74, 6) is -1.26. The molecule has 0 amide bonds. The highest BCUT2D eigenvalue weighted by Crippen LogP contribution is 2.24. The zero-order valence-electron chi connectivity index (χ0n) is 15.3.